The fourth-order valence-electron chi connectivity index (χ4n) is 5.31. The number of likely N-dealkylation sites (tertiary alicyclic amines) is 1. The number of hydrogen-bond donors (Lipinski definition) is 0. The van der Waals surface area contributed by atoms with Gasteiger partial charge in [-0.15, -0.1) is 11.3 Å². The van der Waals surface area contributed by atoms with E-state index in [1.54, 1.807) is 13.2 Å². The molecule has 2 aromatic rings. The lowest BCUT2D eigenvalue weighted by Crippen LogP contribution is -2.49. The number of Topliss-reactive ketones (excluding diaryl/α,β-unsaturated/α-hetero) is 1. The Morgan fingerprint density at radius 1 is 1.10 bits per heavy atom. The number of rotatable bonds is 6. The largest absolute Gasteiger partial charge is 0.385 e. The summed E-state index contributed by atoms with van der Waals surface area (Å²) in [5.74, 6) is -1.72. The van der Waals surface area contributed by atoms with Crippen LogP contribution in [0.25, 0.3) is 5.57 Å². The molecule has 5 rings (SSSR count). The van der Waals surface area contributed by atoms with Crippen LogP contribution in [0.3, 0.4) is 0 Å². The monoisotopic (exact) mass is 436 g/mol. The van der Waals surface area contributed by atoms with E-state index in [-0.39, 0.29) is 23.6 Å². The molecule has 0 spiro atoms. The number of thiophene rings is 1. The summed E-state index contributed by atoms with van der Waals surface area (Å²) in [6.45, 7) is 2.83. The third-order valence-corrected chi connectivity index (χ3v) is 7.49. The van der Waals surface area contributed by atoms with Crippen LogP contribution in [0.15, 0.2) is 47.9 Å². The molecule has 0 bridgehead atoms. The Bertz CT molecular complexity index is 1080. The van der Waals surface area contributed by atoms with E-state index >= 15 is 0 Å². The van der Waals surface area contributed by atoms with Crippen molar-refractivity contribution < 1.29 is 19.1 Å². The van der Waals surface area contributed by atoms with E-state index in [4.69, 9.17) is 4.74 Å². The van der Waals surface area contributed by atoms with Gasteiger partial charge in [0, 0.05) is 31.5 Å². The van der Waals surface area contributed by atoms with Gasteiger partial charge in [-0.25, -0.2) is 0 Å². The fourth-order valence-corrected chi connectivity index (χ4v) is 6.01. The highest BCUT2D eigenvalue weighted by Crippen LogP contribution is 2.50. The van der Waals surface area contributed by atoms with Crippen molar-refractivity contribution in [3.8, 4) is 0 Å². The summed E-state index contributed by atoms with van der Waals surface area (Å²) in [7, 11) is 1.60. The summed E-state index contributed by atoms with van der Waals surface area (Å²) in [4.78, 5) is 44.6. The predicted molar refractivity (Wildman–Crippen MR) is 119 cm³/mol. The molecule has 4 heterocycles. The van der Waals surface area contributed by atoms with Crippen LogP contribution in [0.2, 0.25) is 0 Å². The van der Waals surface area contributed by atoms with Gasteiger partial charge in [-0.1, -0.05) is 30.3 Å². The Morgan fingerprint density at radius 3 is 2.61 bits per heavy atom. The van der Waals surface area contributed by atoms with Gasteiger partial charge < -0.3 is 9.64 Å². The Labute approximate surface area is 185 Å². The molecule has 0 N–H and O–H groups in total. The van der Waals surface area contributed by atoms with E-state index in [0.29, 0.717) is 24.4 Å². The van der Waals surface area contributed by atoms with Gasteiger partial charge in [0.2, 0.25) is 11.8 Å². The zero-order valence-corrected chi connectivity index (χ0v) is 18.3. The topological polar surface area (TPSA) is 66.9 Å². The highest BCUT2D eigenvalue weighted by atomic mass is 32.1. The average molecular weight is 437 g/mol. The number of methoxy groups -OCH3 is 1. The molecule has 7 heteroatoms. The van der Waals surface area contributed by atoms with Crippen molar-refractivity contribution in [1.82, 2.24) is 4.90 Å². The molecule has 2 amide bonds. The molecule has 3 aliphatic rings. The zero-order chi connectivity index (χ0) is 21.7. The van der Waals surface area contributed by atoms with Crippen LogP contribution < -0.4 is 4.90 Å². The van der Waals surface area contributed by atoms with E-state index in [2.05, 4.69) is 6.08 Å². The van der Waals surface area contributed by atoms with Crippen molar-refractivity contribution in [2.24, 2.45) is 11.8 Å². The van der Waals surface area contributed by atoms with Crippen LogP contribution >= 0.6 is 11.3 Å². The lowest BCUT2D eigenvalue weighted by molar-refractivity contribution is -0.140. The van der Waals surface area contributed by atoms with Crippen LogP contribution in [0.1, 0.15) is 28.6 Å². The molecule has 1 aromatic heterocycles. The molecule has 31 heavy (non-hydrogen) atoms. The van der Waals surface area contributed by atoms with Crippen molar-refractivity contribution in [1.29, 1.82) is 0 Å². The highest BCUT2D eigenvalue weighted by molar-refractivity contribution is 7.12. The summed E-state index contributed by atoms with van der Waals surface area (Å²) in [5, 5.41) is 1.87. The number of fused-ring (bicyclic) bond motifs is 5. The van der Waals surface area contributed by atoms with E-state index in [0.717, 1.165) is 16.8 Å². The van der Waals surface area contributed by atoms with Crippen LogP contribution in [0.5, 0.6) is 0 Å². The van der Waals surface area contributed by atoms with Gasteiger partial charge in [0.05, 0.1) is 22.8 Å². The summed E-state index contributed by atoms with van der Waals surface area (Å²) >= 11 is 1.37. The second-order valence-electron chi connectivity index (χ2n) is 8.28. The number of benzene rings is 1. The first-order chi connectivity index (χ1) is 15.0. The van der Waals surface area contributed by atoms with Crippen molar-refractivity contribution in [2.45, 2.75) is 25.4 Å². The molecule has 0 saturated carbocycles. The lowest BCUT2D eigenvalue weighted by Gasteiger charge is -2.37. The smallest absolute Gasteiger partial charge is 0.235 e. The van der Waals surface area contributed by atoms with E-state index in [1.165, 1.54) is 16.2 Å². The lowest BCUT2D eigenvalue weighted by atomic mass is 9.86. The third kappa shape index (κ3) is 2.98. The van der Waals surface area contributed by atoms with Crippen LogP contribution in [-0.2, 0) is 14.3 Å². The minimum Gasteiger partial charge on any atom is -0.385 e. The van der Waals surface area contributed by atoms with Crippen LogP contribution in [-0.4, -0.2) is 54.8 Å². The Morgan fingerprint density at radius 2 is 1.87 bits per heavy atom. The number of para-hydroxylation sites is 1. The van der Waals surface area contributed by atoms with Crippen molar-refractivity contribution in [2.75, 3.05) is 25.2 Å². The maximum atomic E-state index is 13.7. The number of hydrogen-bond acceptors (Lipinski definition) is 6. The quantitative estimate of drug-likeness (QED) is 0.395. The molecule has 0 aliphatic carbocycles. The molecular weight excluding hydrogens is 412 g/mol. The maximum absolute atomic E-state index is 13.7. The number of ketones is 1. The first-order valence-electron chi connectivity index (χ1n) is 10.5. The normalized spacial score (nSPS) is 26.6. The van der Waals surface area contributed by atoms with Crippen molar-refractivity contribution in [3.05, 3.63) is 58.3 Å². The minimum atomic E-state index is -0.692. The maximum Gasteiger partial charge on any atom is 0.235 e. The van der Waals surface area contributed by atoms with Crippen LogP contribution in [0, 0.1) is 11.8 Å². The molecule has 2 saturated heterocycles. The molecule has 160 valence electrons. The number of ether oxygens (including phenoxy) is 1. The van der Waals surface area contributed by atoms with Gasteiger partial charge in [-0.05, 0) is 36.4 Å². The molecule has 1 aromatic carbocycles. The minimum absolute atomic E-state index is 0.0878. The summed E-state index contributed by atoms with van der Waals surface area (Å²) in [6.07, 6.45) is 2.65. The van der Waals surface area contributed by atoms with Crippen molar-refractivity contribution >= 4 is 40.2 Å². The summed E-state index contributed by atoms with van der Waals surface area (Å²) < 4.78 is 5.09. The number of allylic oxidation sites excluding steroid dienone is 1. The van der Waals surface area contributed by atoms with Gasteiger partial charge in [0.15, 0.2) is 5.78 Å². The summed E-state index contributed by atoms with van der Waals surface area (Å²) in [6, 6.07) is 10.6. The number of imide groups is 1. The van der Waals surface area contributed by atoms with Gasteiger partial charge in [0.1, 0.15) is 6.04 Å². The average Bonchev–Trinajstić information content (AvgIpc) is 3.47. The SMILES string of the molecule is COCCCN1C(=O)[C@@H]2[C@H](C1=O)[C@@H](C(=O)c1cccs1)N1c3ccccc3C(C)=C[C@@H]21. The number of carbonyl (C=O) groups excluding carboxylic acids is 3. The first kappa shape index (κ1) is 20.2. The summed E-state index contributed by atoms with van der Waals surface area (Å²) in [5.41, 5.74) is 3.03. The molecular formula is C24H24N2O4S. The van der Waals surface area contributed by atoms with Gasteiger partial charge in [0.25, 0.3) is 0 Å². The molecule has 2 fully saturated rings. The Kier molecular flexibility index (Phi) is 5.02. The molecule has 3 aliphatic heterocycles. The van der Waals surface area contributed by atoms with E-state index < -0.39 is 17.9 Å². The fraction of sp³-hybridized carbons (Fsp3) is 0.375. The standard InChI is InChI=1S/C24H24N2O4S/c1-14-13-17-19-20(24(29)25(23(19)28)10-6-11-30-2)21(22(27)18-9-5-12-31-18)26(17)16-8-4-3-7-15(14)16/h3-5,7-9,12-13,17,19-21H,6,10-11H2,1-2H3/t17-,19-,20-,21-/m0/s1. The van der Waals surface area contributed by atoms with E-state index in [9.17, 15) is 14.4 Å². The molecule has 0 radical (unpaired) electrons. The predicted octanol–water partition coefficient (Wildman–Crippen LogP) is 3.24. The first-order valence-corrected chi connectivity index (χ1v) is 11.4. The second kappa shape index (κ2) is 7.73. The highest BCUT2D eigenvalue weighted by Gasteiger charge is 2.64. The van der Waals surface area contributed by atoms with Gasteiger partial charge in [-0.3, -0.25) is 19.3 Å². The Balaban J connectivity index is 1.61. The zero-order valence-electron chi connectivity index (χ0n) is 17.5. The van der Waals surface area contributed by atoms with Gasteiger partial charge >= 0.3 is 0 Å². The van der Waals surface area contributed by atoms with Gasteiger partial charge in [-0.2, -0.15) is 0 Å². The molecule has 6 nitrogen and oxygen atoms in total. The molecule has 4 atom stereocenters. The number of carbonyl (C=O) groups is 3. The third-order valence-electron chi connectivity index (χ3n) is 6.61. The number of anilines is 1. The van der Waals surface area contributed by atoms with Crippen molar-refractivity contribution in [3.63, 3.8) is 0 Å². The Hall–Kier alpha value is -2.77. The van der Waals surface area contributed by atoms with Crippen LogP contribution in [0.4, 0.5) is 5.69 Å². The number of nitrogens with zero attached hydrogens (tertiary/aromatic N) is 2. The number of amides is 2. The molecule has 0 unspecified atom stereocenters. The second-order valence-corrected chi connectivity index (χ2v) is 9.22. The van der Waals surface area contributed by atoms with E-state index in [1.807, 2.05) is 47.5 Å².